The number of nitrogens with zero attached hydrogens (tertiary/aromatic N) is 1. The molecule has 2 fully saturated rings. The van der Waals surface area contributed by atoms with Crippen LogP contribution in [0.1, 0.15) is 39.0 Å². The first-order valence-corrected chi connectivity index (χ1v) is 9.63. The van der Waals surface area contributed by atoms with E-state index in [1.807, 2.05) is 6.92 Å². The second kappa shape index (κ2) is 7.56. The Morgan fingerprint density at radius 2 is 2.19 bits per heavy atom. The lowest BCUT2D eigenvalue weighted by atomic mass is 10.1. The van der Waals surface area contributed by atoms with E-state index in [4.69, 9.17) is 0 Å². The van der Waals surface area contributed by atoms with Crippen molar-refractivity contribution in [2.24, 2.45) is 5.92 Å². The van der Waals surface area contributed by atoms with Gasteiger partial charge in [0.25, 0.3) is 0 Å². The number of rotatable bonds is 7. The van der Waals surface area contributed by atoms with Crippen LogP contribution in [0.2, 0.25) is 0 Å². The Labute approximate surface area is 127 Å². The fourth-order valence-corrected chi connectivity index (χ4v) is 4.94. The Hall–Kier alpha value is -0.660. The lowest BCUT2D eigenvalue weighted by molar-refractivity contribution is -0.124. The van der Waals surface area contributed by atoms with Gasteiger partial charge in [0.1, 0.15) is 6.04 Å². The number of sulfonamides is 1. The zero-order valence-electron chi connectivity index (χ0n) is 12.8. The van der Waals surface area contributed by atoms with Gasteiger partial charge < -0.3 is 10.6 Å². The van der Waals surface area contributed by atoms with Crippen molar-refractivity contribution < 1.29 is 13.2 Å². The summed E-state index contributed by atoms with van der Waals surface area (Å²) in [5.41, 5.74) is 0. The van der Waals surface area contributed by atoms with Crippen LogP contribution in [0.15, 0.2) is 0 Å². The van der Waals surface area contributed by atoms with Crippen molar-refractivity contribution in [1.29, 1.82) is 0 Å². The molecule has 2 aliphatic rings. The third-order valence-electron chi connectivity index (χ3n) is 4.34. The van der Waals surface area contributed by atoms with Crippen molar-refractivity contribution in [3.05, 3.63) is 0 Å². The third kappa shape index (κ3) is 4.40. The van der Waals surface area contributed by atoms with Crippen molar-refractivity contribution in [2.75, 3.05) is 31.9 Å². The van der Waals surface area contributed by atoms with Crippen LogP contribution in [0.25, 0.3) is 0 Å². The summed E-state index contributed by atoms with van der Waals surface area (Å²) >= 11 is 0. The number of amides is 1. The molecule has 1 amide bonds. The number of carbonyl (C=O) groups excluding carboxylic acids is 1. The van der Waals surface area contributed by atoms with Gasteiger partial charge in [-0.25, -0.2) is 8.42 Å². The lowest BCUT2D eigenvalue weighted by Gasteiger charge is -2.23. The first-order valence-electron chi connectivity index (χ1n) is 8.02. The van der Waals surface area contributed by atoms with Gasteiger partial charge in [-0.1, -0.05) is 6.92 Å². The molecule has 2 rings (SSSR count). The molecular weight excluding hydrogens is 290 g/mol. The molecule has 2 saturated heterocycles. The minimum absolute atomic E-state index is 0.127. The Bertz CT molecular complexity index is 446. The molecule has 0 spiro atoms. The van der Waals surface area contributed by atoms with Gasteiger partial charge in [-0.15, -0.1) is 0 Å². The van der Waals surface area contributed by atoms with Crippen molar-refractivity contribution in [3.8, 4) is 0 Å². The monoisotopic (exact) mass is 317 g/mol. The summed E-state index contributed by atoms with van der Waals surface area (Å²) in [6.07, 6.45) is 4.12. The van der Waals surface area contributed by atoms with Gasteiger partial charge in [0.15, 0.2) is 0 Å². The average molecular weight is 317 g/mol. The fourth-order valence-electron chi connectivity index (χ4n) is 3.19. The van der Waals surface area contributed by atoms with Crippen LogP contribution in [0.5, 0.6) is 0 Å². The van der Waals surface area contributed by atoms with Crippen LogP contribution in [0.3, 0.4) is 0 Å². The SMILES string of the molecule is CCCS(=O)(=O)N1CCCC1C(=O)NCCC1CCNC1. The maximum Gasteiger partial charge on any atom is 0.238 e. The van der Waals surface area contributed by atoms with Gasteiger partial charge in [0, 0.05) is 13.1 Å². The topological polar surface area (TPSA) is 78.5 Å². The third-order valence-corrected chi connectivity index (χ3v) is 6.42. The van der Waals surface area contributed by atoms with E-state index in [2.05, 4.69) is 10.6 Å². The van der Waals surface area contributed by atoms with Crippen LogP contribution in [-0.2, 0) is 14.8 Å². The zero-order valence-corrected chi connectivity index (χ0v) is 13.6. The highest BCUT2D eigenvalue weighted by atomic mass is 32.2. The van der Waals surface area contributed by atoms with Crippen molar-refractivity contribution in [3.63, 3.8) is 0 Å². The average Bonchev–Trinajstić information content (AvgIpc) is 3.10. The molecule has 0 aliphatic carbocycles. The molecule has 2 N–H and O–H groups in total. The molecule has 0 radical (unpaired) electrons. The van der Waals surface area contributed by atoms with Crippen LogP contribution in [0.4, 0.5) is 0 Å². The molecule has 2 atom stereocenters. The standard InChI is InChI=1S/C14H27N3O3S/c1-2-10-21(19,20)17-9-3-4-13(17)14(18)16-8-6-12-5-7-15-11-12/h12-13,15H,2-11H2,1H3,(H,16,18). The summed E-state index contributed by atoms with van der Waals surface area (Å²) in [6.45, 7) is 5.05. The largest absolute Gasteiger partial charge is 0.355 e. The summed E-state index contributed by atoms with van der Waals surface area (Å²) in [4.78, 5) is 12.2. The van der Waals surface area contributed by atoms with Gasteiger partial charge >= 0.3 is 0 Å². The molecule has 122 valence electrons. The summed E-state index contributed by atoms with van der Waals surface area (Å²) in [7, 11) is -3.28. The molecule has 7 heteroatoms. The highest BCUT2D eigenvalue weighted by Crippen LogP contribution is 2.22. The van der Waals surface area contributed by atoms with Gasteiger partial charge in [0.2, 0.25) is 15.9 Å². The van der Waals surface area contributed by atoms with Crippen LogP contribution < -0.4 is 10.6 Å². The summed E-state index contributed by atoms with van der Waals surface area (Å²) < 4.78 is 25.7. The molecule has 0 aromatic rings. The zero-order chi connectivity index (χ0) is 15.3. The highest BCUT2D eigenvalue weighted by Gasteiger charge is 2.37. The van der Waals surface area contributed by atoms with Crippen molar-refractivity contribution in [2.45, 2.75) is 45.1 Å². The number of nitrogens with one attached hydrogen (secondary N) is 2. The lowest BCUT2D eigenvalue weighted by Crippen LogP contribution is -2.46. The smallest absolute Gasteiger partial charge is 0.238 e. The van der Waals surface area contributed by atoms with E-state index < -0.39 is 16.1 Å². The minimum atomic E-state index is -3.28. The Kier molecular flexibility index (Phi) is 6.01. The van der Waals surface area contributed by atoms with Gasteiger partial charge in [-0.05, 0) is 51.1 Å². The number of hydrogen-bond acceptors (Lipinski definition) is 4. The number of hydrogen-bond donors (Lipinski definition) is 2. The van der Waals surface area contributed by atoms with Gasteiger partial charge in [0.05, 0.1) is 5.75 Å². The first kappa shape index (κ1) is 16.7. The Balaban J connectivity index is 1.82. The molecule has 0 saturated carbocycles. The van der Waals surface area contributed by atoms with Crippen LogP contribution >= 0.6 is 0 Å². The number of carbonyl (C=O) groups is 1. The fraction of sp³-hybridized carbons (Fsp3) is 0.929. The van der Waals surface area contributed by atoms with Crippen LogP contribution in [0, 0.1) is 5.92 Å². The molecule has 0 bridgehead atoms. The van der Waals surface area contributed by atoms with E-state index in [1.54, 1.807) is 0 Å². The Morgan fingerprint density at radius 1 is 1.38 bits per heavy atom. The van der Waals surface area contributed by atoms with Crippen LogP contribution in [-0.4, -0.2) is 56.6 Å². The minimum Gasteiger partial charge on any atom is -0.355 e. The molecule has 21 heavy (non-hydrogen) atoms. The molecule has 6 nitrogen and oxygen atoms in total. The summed E-state index contributed by atoms with van der Waals surface area (Å²) in [5, 5.41) is 6.23. The van der Waals surface area contributed by atoms with Crippen molar-refractivity contribution >= 4 is 15.9 Å². The summed E-state index contributed by atoms with van der Waals surface area (Å²) in [5.74, 6) is 0.636. The Morgan fingerprint density at radius 3 is 2.86 bits per heavy atom. The van der Waals surface area contributed by atoms with E-state index in [0.29, 0.717) is 31.8 Å². The van der Waals surface area contributed by atoms with Gasteiger partial charge in [-0.2, -0.15) is 4.31 Å². The molecular formula is C14H27N3O3S. The second-order valence-corrected chi connectivity index (χ2v) is 8.06. The highest BCUT2D eigenvalue weighted by molar-refractivity contribution is 7.89. The van der Waals surface area contributed by atoms with E-state index in [-0.39, 0.29) is 11.7 Å². The molecule has 0 aromatic heterocycles. The molecule has 0 aromatic carbocycles. The van der Waals surface area contributed by atoms with E-state index in [1.165, 1.54) is 4.31 Å². The molecule has 2 heterocycles. The normalized spacial score (nSPS) is 27.1. The van der Waals surface area contributed by atoms with Crippen molar-refractivity contribution in [1.82, 2.24) is 14.9 Å². The maximum absolute atomic E-state index is 12.2. The summed E-state index contributed by atoms with van der Waals surface area (Å²) in [6, 6.07) is -0.497. The van der Waals surface area contributed by atoms with Gasteiger partial charge in [-0.3, -0.25) is 4.79 Å². The first-order chi connectivity index (χ1) is 10.0. The quantitative estimate of drug-likeness (QED) is 0.708. The van der Waals surface area contributed by atoms with E-state index >= 15 is 0 Å². The molecule has 2 unspecified atom stereocenters. The second-order valence-electron chi connectivity index (χ2n) is 6.02. The van der Waals surface area contributed by atoms with E-state index in [0.717, 1.165) is 32.4 Å². The maximum atomic E-state index is 12.2. The predicted octanol–water partition coefficient (Wildman–Crippen LogP) is 0.306. The molecule has 2 aliphatic heterocycles. The van der Waals surface area contributed by atoms with E-state index in [9.17, 15) is 13.2 Å². The predicted molar refractivity (Wildman–Crippen MR) is 82.4 cm³/mol.